The van der Waals surface area contributed by atoms with Gasteiger partial charge < -0.3 is 9.47 Å². The zero-order chi connectivity index (χ0) is 19.3. The van der Waals surface area contributed by atoms with Gasteiger partial charge in [-0.2, -0.15) is 0 Å². The highest BCUT2D eigenvalue weighted by Crippen LogP contribution is 2.41. The van der Waals surface area contributed by atoms with Crippen molar-refractivity contribution in [3.63, 3.8) is 0 Å². The molecule has 1 fully saturated rings. The predicted molar refractivity (Wildman–Crippen MR) is 107 cm³/mol. The highest BCUT2D eigenvalue weighted by atomic mass is 32.1. The van der Waals surface area contributed by atoms with E-state index >= 15 is 0 Å². The summed E-state index contributed by atoms with van der Waals surface area (Å²) in [6.45, 7) is 1.84. The number of fused-ring (bicyclic) bond motifs is 4. The summed E-state index contributed by atoms with van der Waals surface area (Å²) >= 11 is 1.66. The van der Waals surface area contributed by atoms with Crippen LogP contribution in [0.3, 0.4) is 0 Å². The fourth-order valence-electron chi connectivity index (χ4n) is 4.60. The molecule has 0 aliphatic carbocycles. The molecule has 1 amide bonds. The molecule has 2 atom stereocenters. The Morgan fingerprint density at radius 1 is 1.04 bits per heavy atom. The fourth-order valence-corrected chi connectivity index (χ4v) is 5.36. The Hall–Kier alpha value is -2.73. The lowest BCUT2D eigenvalue weighted by atomic mass is 9.81. The number of benzene rings is 1. The van der Waals surface area contributed by atoms with Gasteiger partial charge in [-0.25, -0.2) is 4.39 Å². The van der Waals surface area contributed by atoms with Crippen molar-refractivity contribution < 1.29 is 9.18 Å². The van der Waals surface area contributed by atoms with Gasteiger partial charge in [0.2, 0.25) is 0 Å². The van der Waals surface area contributed by atoms with Crippen molar-refractivity contribution in [1.82, 2.24) is 9.47 Å². The third-order valence-corrected chi connectivity index (χ3v) is 6.66. The first-order chi connectivity index (χ1) is 13.6. The first-order valence-corrected chi connectivity index (χ1v) is 10.3. The molecule has 2 aliphatic rings. The van der Waals surface area contributed by atoms with Crippen LogP contribution in [0.4, 0.5) is 4.39 Å². The van der Waals surface area contributed by atoms with Crippen LogP contribution < -0.4 is 5.56 Å². The maximum atomic E-state index is 13.2. The number of hydrogen-bond acceptors (Lipinski definition) is 3. The lowest BCUT2D eigenvalue weighted by molar-refractivity contribution is 0.0595. The molecule has 4 heterocycles. The van der Waals surface area contributed by atoms with E-state index in [1.54, 1.807) is 17.4 Å². The zero-order valence-electron chi connectivity index (χ0n) is 15.2. The minimum absolute atomic E-state index is 0.0308. The van der Waals surface area contributed by atoms with Crippen molar-refractivity contribution >= 4 is 17.2 Å². The molecular formula is C22H19FN2O2S. The number of likely N-dealkylation sites (tertiary alicyclic amines) is 1. The van der Waals surface area contributed by atoms with Gasteiger partial charge in [-0.05, 0) is 54.1 Å². The number of amides is 1. The number of thiophene rings is 1. The number of aromatic nitrogens is 1. The highest BCUT2D eigenvalue weighted by Gasteiger charge is 2.38. The quantitative estimate of drug-likeness (QED) is 0.660. The number of pyridine rings is 1. The maximum Gasteiger partial charge on any atom is 0.253 e. The second-order valence-corrected chi connectivity index (χ2v) is 8.52. The summed E-state index contributed by atoms with van der Waals surface area (Å²) in [5, 5.41) is 2.04. The van der Waals surface area contributed by atoms with Crippen LogP contribution >= 0.6 is 11.3 Å². The van der Waals surface area contributed by atoms with Crippen LogP contribution in [0.5, 0.6) is 0 Å². The van der Waals surface area contributed by atoms with E-state index in [4.69, 9.17) is 0 Å². The molecule has 142 valence electrons. The van der Waals surface area contributed by atoms with Gasteiger partial charge in [0.1, 0.15) is 5.82 Å². The molecule has 0 radical (unpaired) electrons. The number of carbonyl (C=O) groups excluding carboxylic acids is 1. The molecule has 28 heavy (non-hydrogen) atoms. The van der Waals surface area contributed by atoms with Gasteiger partial charge >= 0.3 is 0 Å². The van der Waals surface area contributed by atoms with Gasteiger partial charge in [-0.1, -0.05) is 6.07 Å². The van der Waals surface area contributed by atoms with Gasteiger partial charge in [0.05, 0.1) is 0 Å². The van der Waals surface area contributed by atoms with Crippen LogP contribution in [-0.2, 0) is 6.54 Å². The maximum absolute atomic E-state index is 13.2. The van der Waals surface area contributed by atoms with Crippen LogP contribution in [-0.4, -0.2) is 28.5 Å². The molecule has 1 saturated heterocycles. The number of hydrogen-bond donors (Lipinski definition) is 0. The Bertz CT molecular complexity index is 1090. The van der Waals surface area contributed by atoms with Crippen molar-refractivity contribution in [2.24, 2.45) is 5.92 Å². The third-order valence-electron chi connectivity index (χ3n) is 5.76. The number of piperidine rings is 1. The molecule has 0 spiro atoms. The molecule has 0 N–H and O–H groups in total. The van der Waals surface area contributed by atoms with Crippen LogP contribution in [0.25, 0.3) is 10.4 Å². The summed E-state index contributed by atoms with van der Waals surface area (Å²) in [6, 6.07) is 13.4. The number of rotatable bonds is 2. The zero-order valence-corrected chi connectivity index (χ0v) is 16.0. The van der Waals surface area contributed by atoms with E-state index < -0.39 is 0 Å². The van der Waals surface area contributed by atoms with Crippen LogP contribution in [0.15, 0.2) is 58.7 Å². The van der Waals surface area contributed by atoms with E-state index in [2.05, 4.69) is 6.07 Å². The van der Waals surface area contributed by atoms with Gasteiger partial charge in [0.25, 0.3) is 11.5 Å². The molecule has 3 aromatic rings. The van der Waals surface area contributed by atoms with Crippen molar-refractivity contribution in [3.8, 4) is 10.4 Å². The smallest absolute Gasteiger partial charge is 0.253 e. The van der Waals surface area contributed by atoms with Gasteiger partial charge in [-0.3, -0.25) is 9.59 Å². The monoisotopic (exact) mass is 394 g/mol. The predicted octanol–water partition coefficient (Wildman–Crippen LogP) is 3.98. The molecule has 2 aliphatic heterocycles. The van der Waals surface area contributed by atoms with Crippen LogP contribution in [0.2, 0.25) is 0 Å². The first-order valence-electron chi connectivity index (χ1n) is 9.42. The van der Waals surface area contributed by atoms with E-state index in [1.165, 1.54) is 24.3 Å². The van der Waals surface area contributed by atoms with Crippen molar-refractivity contribution in [2.75, 3.05) is 13.1 Å². The Labute approximate surface area is 165 Å². The molecule has 0 unspecified atom stereocenters. The summed E-state index contributed by atoms with van der Waals surface area (Å²) in [5.41, 5.74) is 2.67. The summed E-state index contributed by atoms with van der Waals surface area (Å²) in [6.07, 6.45) is 0.981. The average Bonchev–Trinajstić information content (AvgIpc) is 3.23. The van der Waals surface area contributed by atoms with Crippen molar-refractivity contribution in [2.45, 2.75) is 18.9 Å². The van der Waals surface area contributed by atoms with E-state index in [9.17, 15) is 14.0 Å². The van der Waals surface area contributed by atoms with Gasteiger partial charge in [0, 0.05) is 53.3 Å². The molecule has 4 nitrogen and oxygen atoms in total. The molecule has 0 saturated carbocycles. The topological polar surface area (TPSA) is 42.3 Å². The van der Waals surface area contributed by atoms with Crippen molar-refractivity contribution in [1.29, 1.82) is 0 Å². The fraction of sp³-hybridized carbons (Fsp3) is 0.273. The number of nitrogens with zero attached hydrogens (tertiary/aromatic N) is 2. The molecule has 6 heteroatoms. The summed E-state index contributed by atoms with van der Waals surface area (Å²) in [5.74, 6) is -0.0325. The van der Waals surface area contributed by atoms with Crippen LogP contribution in [0.1, 0.15) is 28.4 Å². The summed E-state index contributed by atoms with van der Waals surface area (Å²) < 4.78 is 15.1. The second-order valence-electron chi connectivity index (χ2n) is 7.57. The minimum Gasteiger partial charge on any atom is -0.338 e. The summed E-state index contributed by atoms with van der Waals surface area (Å²) in [4.78, 5) is 28.5. The van der Waals surface area contributed by atoms with Gasteiger partial charge in [-0.15, -0.1) is 11.3 Å². The molecule has 2 bridgehead atoms. The molecule has 1 aromatic carbocycles. The Kier molecular flexibility index (Phi) is 4.16. The summed E-state index contributed by atoms with van der Waals surface area (Å²) in [7, 11) is 0. The largest absolute Gasteiger partial charge is 0.338 e. The third kappa shape index (κ3) is 2.88. The lowest BCUT2D eigenvalue weighted by Crippen LogP contribution is -2.49. The number of carbonyl (C=O) groups is 1. The highest BCUT2D eigenvalue weighted by molar-refractivity contribution is 7.13. The molecular weight excluding hydrogens is 375 g/mol. The number of halogens is 1. The average molecular weight is 394 g/mol. The van der Waals surface area contributed by atoms with Crippen LogP contribution in [0, 0.1) is 11.7 Å². The molecule has 2 aromatic heterocycles. The van der Waals surface area contributed by atoms with E-state index in [0.717, 1.165) is 22.6 Å². The second kappa shape index (κ2) is 6.71. The Morgan fingerprint density at radius 2 is 1.86 bits per heavy atom. The normalized spacial score (nSPS) is 20.7. The Morgan fingerprint density at radius 3 is 2.61 bits per heavy atom. The van der Waals surface area contributed by atoms with Gasteiger partial charge in [0.15, 0.2) is 0 Å². The Balaban J connectivity index is 1.52. The standard InChI is InChI=1S/C22H19FN2O2S/c23-17-5-3-15(4-6-17)22(27)24-11-14-10-16(13-24)21-18(19-2-1-9-28-19)7-8-20(26)25(21)12-14/h1-9,14,16H,10-13H2/t14-,16-/m0/s1. The van der Waals surface area contributed by atoms with E-state index in [-0.39, 0.29) is 29.1 Å². The van der Waals surface area contributed by atoms with E-state index in [0.29, 0.717) is 25.2 Å². The first kappa shape index (κ1) is 17.4. The molecule has 5 rings (SSSR count). The minimum atomic E-state index is -0.346. The van der Waals surface area contributed by atoms with E-state index in [1.807, 2.05) is 27.0 Å². The van der Waals surface area contributed by atoms with Crippen molar-refractivity contribution in [3.05, 3.63) is 81.3 Å². The lowest BCUT2D eigenvalue weighted by Gasteiger charge is -2.43. The SMILES string of the molecule is O=C(c1ccc(F)cc1)N1C[C@@H]2C[C@@H](C1)c1c(-c3cccs3)ccc(=O)n1C2.